The minimum absolute atomic E-state index is 0.0666. The zero-order valence-corrected chi connectivity index (χ0v) is 23.2. The molecule has 2 amide bonds. The number of likely N-dealkylation sites (tertiary alicyclic amines) is 1. The Balaban J connectivity index is 3.07. The molecule has 1 heterocycles. The van der Waals surface area contributed by atoms with Gasteiger partial charge in [0.25, 0.3) is 0 Å². The van der Waals surface area contributed by atoms with Gasteiger partial charge in [-0.2, -0.15) is 0 Å². The van der Waals surface area contributed by atoms with Gasteiger partial charge in [0.05, 0.1) is 18.7 Å². The predicted octanol–water partition coefficient (Wildman–Crippen LogP) is 4.02. The lowest BCUT2D eigenvalue weighted by molar-refractivity contribution is -0.141. The summed E-state index contributed by atoms with van der Waals surface area (Å²) >= 11 is 0. The Hall–Kier alpha value is -1.89. The van der Waals surface area contributed by atoms with E-state index in [1.54, 1.807) is 31.9 Å². The predicted molar refractivity (Wildman–Crippen MR) is 137 cm³/mol. The third-order valence-electron chi connectivity index (χ3n) is 6.99. The summed E-state index contributed by atoms with van der Waals surface area (Å²) in [6, 6.07) is -0.869. The number of nitrogens with one attached hydrogen (secondary N) is 1. The molecule has 0 aliphatic carbocycles. The first-order valence-electron chi connectivity index (χ1n) is 13.0. The molecule has 1 aliphatic rings. The van der Waals surface area contributed by atoms with Gasteiger partial charge in [0.2, 0.25) is 11.8 Å². The van der Waals surface area contributed by atoms with Crippen molar-refractivity contribution in [2.75, 3.05) is 20.2 Å². The number of piperidine rings is 1. The van der Waals surface area contributed by atoms with Crippen LogP contribution < -0.4 is 5.32 Å². The second-order valence-corrected chi connectivity index (χ2v) is 10.6. The maximum absolute atomic E-state index is 13.6. The summed E-state index contributed by atoms with van der Waals surface area (Å²) in [5.74, 6) is 0.0424. The third kappa shape index (κ3) is 8.10. The van der Waals surface area contributed by atoms with E-state index in [0.717, 1.165) is 25.8 Å². The molecule has 4 atom stereocenters. The molecule has 1 saturated heterocycles. The van der Waals surface area contributed by atoms with Crippen LogP contribution in [0.5, 0.6) is 0 Å². The van der Waals surface area contributed by atoms with E-state index in [-0.39, 0.29) is 47.7 Å². The van der Waals surface area contributed by atoms with Crippen molar-refractivity contribution >= 4 is 17.8 Å². The number of carbonyl (C=O) groups excluding carboxylic acids is 3. The normalized spacial score (nSPS) is 21.5. The number of esters is 1. The maximum atomic E-state index is 13.6. The molecule has 0 saturated carbocycles. The zero-order valence-electron chi connectivity index (χ0n) is 23.2. The highest BCUT2D eigenvalue weighted by Crippen LogP contribution is 2.26. The van der Waals surface area contributed by atoms with Gasteiger partial charge in [-0.15, -0.1) is 0 Å². The third-order valence-corrected chi connectivity index (χ3v) is 6.99. The minimum Gasteiger partial charge on any atom is -0.463 e. The number of rotatable bonds is 11. The average Bonchev–Trinajstić information content (AvgIpc) is 2.78. The number of likely N-dealkylation sites (N-methyl/N-ethyl adjacent to an activating group) is 1. The minimum atomic E-state index is -0.632. The van der Waals surface area contributed by atoms with Gasteiger partial charge in [0.15, 0.2) is 0 Å². The number of nitrogens with zero attached hydrogens (tertiary/aromatic N) is 2. The molecule has 196 valence electrons. The van der Waals surface area contributed by atoms with E-state index >= 15 is 0 Å². The molecule has 1 rings (SSSR count). The number of carbonyl (C=O) groups is 3. The number of ether oxygens (including phenoxy) is 1. The lowest BCUT2D eigenvalue weighted by Crippen LogP contribution is -2.59. The summed E-state index contributed by atoms with van der Waals surface area (Å²) in [6.45, 7) is 19.1. The van der Waals surface area contributed by atoms with E-state index in [9.17, 15) is 14.4 Å². The van der Waals surface area contributed by atoms with Crippen LogP contribution in [0.1, 0.15) is 81.6 Å². The fourth-order valence-electron chi connectivity index (χ4n) is 4.71. The van der Waals surface area contributed by atoms with Gasteiger partial charge < -0.3 is 15.0 Å². The molecule has 7 nitrogen and oxygen atoms in total. The molecule has 1 N–H and O–H groups in total. The summed E-state index contributed by atoms with van der Waals surface area (Å²) in [4.78, 5) is 43.1. The zero-order chi connectivity index (χ0) is 26.2. The van der Waals surface area contributed by atoms with Gasteiger partial charge in [-0.25, -0.2) is 4.79 Å². The van der Waals surface area contributed by atoms with Crippen molar-refractivity contribution in [1.82, 2.24) is 15.1 Å². The Morgan fingerprint density at radius 3 is 2.15 bits per heavy atom. The monoisotopic (exact) mass is 479 g/mol. The second-order valence-electron chi connectivity index (χ2n) is 10.6. The van der Waals surface area contributed by atoms with Crippen LogP contribution in [0.2, 0.25) is 0 Å². The second kappa shape index (κ2) is 13.9. The first kappa shape index (κ1) is 30.1. The molecule has 1 fully saturated rings. The summed E-state index contributed by atoms with van der Waals surface area (Å²) < 4.78 is 5.10. The van der Waals surface area contributed by atoms with Gasteiger partial charge in [-0.3, -0.25) is 14.5 Å². The molecule has 0 bridgehead atoms. The first-order valence-corrected chi connectivity index (χ1v) is 13.0. The van der Waals surface area contributed by atoms with Crippen LogP contribution in [0, 0.1) is 17.8 Å². The number of amides is 2. The van der Waals surface area contributed by atoms with Gasteiger partial charge in [0.1, 0.15) is 6.04 Å². The first-order chi connectivity index (χ1) is 15.8. The van der Waals surface area contributed by atoms with Crippen LogP contribution in [-0.4, -0.2) is 72.0 Å². The number of hydrogen-bond donors (Lipinski definition) is 1. The smallest absolute Gasteiger partial charge is 0.333 e. The van der Waals surface area contributed by atoms with Crippen LogP contribution in [0.15, 0.2) is 11.6 Å². The highest BCUT2D eigenvalue weighted by atomic mass is 16.5. The van der Waals surface area contributed by atoms with Crippen molar-refractivity contribution in [2.45, 2.75) is 106 Å². The fourth-order valence-corrected chi connectivity index (χ4v) is 4.71. The Bertz CT molecular complexity index is 717. The maximum Gasteiger partial charge on any atom is 0.333 e. The van der Waals surface area contributed by atoms with Crippen LogP contribution in [0.3, 0.4) is 0 Å². The lowest BCUT2D eigenvalue weighted by Gasteiger charge is -2.42. The molecule has 0 aromatic rings. The van der Waals surface area contributed by atoms with Gasteiger partial charge in [-0.05, 0) is 58.3 Å². The Morgan fingerprint density at radius 2 is 1.68 bits per heavy atom. The topological polar surface area (TPSA) is 79.0 Å². The summed E-state index contributed by atoms with van der Waals surface area (Å²) in [7, 11) is 1.75. The quantitative estimate of drug-likeness (QED) is 0.358. The van der Waals surface area contributed by atoms with E-state index in [1.165, 1.54) is 0 Å². The van der Waals surface area contributed by atoms with Crippen molar-refractivity contribution in [3.8, 4) is 0 Å². The Morgan fingerprint density at radius 1 is 1.06 bits per heavy atom. The van der Waals surface area contributed by atoms with Crippen LogP contribution in [-0.2, 0) is 19.1 Å². The van der Waals surface area contributed by atoms with E-state index in [1.807, 2.05) is 27.7 Å². The van der Waals surface area contributed by atoms with Crippen molar-refractivity contribution in [3.05, 3.63) is 11.6 Å². The van der Waals surface area contributed by atoms with Crippen molar-refractivity contribution in [3.63, 3.8) is 0 Å². The summed E-state index contributed by atoms with van der Waals surface area (Å²) in [5, 5.41) is 3.09. The molecular weight excluding hydrogens is 430 g/mol. The van der Waals surface area contributed by atoms with Crippen molar-refractivity contribution in [1.29, 1.82) is 0 Å². The van der Waals surface area contributed by atoms with E-state index < -0.39 is 6.04 Å². The van der Waals surface area contributed by atoms with E-state index in [4.69, 9.17) is 4.74 Å². The molecule has 34 heavy (non-hydrogen) atoms. The van der Waals surface area contributed by atoms with Gasteiger partial charge in [0, 0.05) is 25.2 Å². The largest absolute Gasteiger partial charge is 0.463 e. The fraction of sp³-hybridized carbons (Fsp3) is 0.815. The van der Waals surface area contributed by atoms with Gasteiger partial charge in [-0.1, -0.05) is 47.1 Å². The Labute approximate surface area is 207 Å². The summed E-state index contributed by atoms with van der Waals surface area (Å²) in [5.41, 5.74) is 0.477. The van der Waals surface area contributed by atoms with Gasteiger partial charge >= 0.3 is 5.97 Å². The summed E-state index contributed by atoms with van der Waals surface area (Å²) in [6.07, 6.45) is 4.76. The molecule has 7 heteroatoms. The molecular formula is C27H49N3O4. The Kier molecular flexibility index (Phi) is 12.3. The molecule has 1 aliphatic heterocycles. The van der Waals surface area contributed by atoms with Crippen molar-refractivity contribution < 1.29 is 19.1 Å². The van der Waals surface area contributed by atoms with Crippen molar-refractivity contribution in [2.24, 2.45) is 17.8 Å². The highest BCUT2D eigenvalue weighted by Gasteiger charge is 2.37. The lowest BCUT2D eigenvalue weighted by atomic mass is 9.89. The van der Waals surface area contributed by atoms with Crippen LogP contribution >= 0.6 is 0 Å². The number of hydrogen-bond acceptors (Lipinski definition) is 5. The SMILES string of the molecule is CCOC(=O)C(C)=C[C@H](C(C)C)N(C)C(=O)[C@@H](NC(=O)C1CC[C@@H](CC)CN1C(C)C)C(C)C. The molecule has 0 aromatic heterocycles. The van der Waals surface area contributed by atoms with Crippen LogP contribution in [0.4, 0.5) is 0 Å². The standard InChI is InChI=1S/C27H49N3O4/c1-11-21-13-14-22(30(16-21)19(7)8)25(31)28-24(18(5)6)26(32)29(10)23(17(3)4)15-20(9)27(33)34-12-2/h15,17-19,21-24H,11-14,16H2,1-10H3,(H,28,31)/t21-,22?,23-,24+/m1/s1. The van der Waals surface area contributed by atoms with Crippen LogP contribution in [0.25, 0.3) is 0 Å². The molecule has 1 unspecified atom stereocenters. The molecule has 0 spiro atoms. The van der Waals surface area contributed by atoms with E-state index in [2.05, 4.69) is 31.0 Å². The highest BCUT2D eigenvalue weighted by molar-refractivity contribution is 5.91. The molecule has 0 radical (unpaired) electrons. The van der Waals surface area contributed by atoms with E-state index in [0.29, 0.717) is 18.1 Å². The molecule has 0 aromatic carbocycles. The average molecular weight is 480 g/mol.